The number of hydrogen-bond acceptors (Lipinski definition) is 4. The number of nitriles is 1. The maximum atomic E-state index is 8.51. The van der Waals surface area contributed by atoms with Crippen molar-refractivity contribution in [1.82, 2.24) is 5.48 Å². The van der Waals surface area contributed by atoms with Crippen LogP contribution in [0.1, 0.15) is 5.56 Å². The van der Waals surface area contributed by atoms with E-state index in [1.807, 2.05) is 11.5 Å². The molecule has 1 aromatic carbocycles. The smallest absolute Gasteiger partial charge is 0.119 e. The summed E-state index contributed by atoms with van der Waals surface area (Å²) in [6, 6.07) is 8.81. The molecule has 0 spiro atoms. The maximum Gasteiger partial charge on any atom is 0.119 e. The molecule has 13 heavy (non-hydrogen) atoms. The van der Waals surface area contributed by atoms with Gasteiger partial charge in [0.1, 0.15) is 12.4 Å². The number of hydroxylamine groups is 1. The molecule has 0 radical (unpaired) electrons. The molecule has 0 amide bonds. The summed E-state index contributed by atoms with van der Waals surface area (Å²) >= 11 is 0. The highest BCUT2D eigenvalue weighted by molar-refractivity contribution is 5.34. The van der Waals surface area contributed by atoms with Crippen LogP contribution in [0.3, 0.4) is 0 Å². The van der Waals surface area contributed by atoms with Crippen molar-refractivity contribution in [3.8, 4) is 11.8 Å². The second-order valence-electron chi connectivity index (χ2n) is 2.39. The molecule has 4 heteroatoms. The number of benzene rings is 1. The average Bonchev–Trinajstić information content (AvgIpc) is 2.19. The van der Waals surface area contributed by atoms with Crippen molar-refractivity contribution in [2.75, 3.05) is 13.2 Å². The standard InChI is InChI=1S/C9H10N2O2/c10-7-8-1-3-9(4-2-8)13-6-5-11-12/h1-4,11-12H,5-6H2. The first-order valence-corrected chi connectivity index (χ1v) is 3.86. The minimum Gasteiger partial charge on any atom is -0.492 e. The summed E-state index contributed by atoms with van der Waals surface area (Å²) in [6.45, 7) is 0.766. The minimum atomic E-state index is 0.375. The maximum absolute atomic E-state index is 8.51. The Morgan fingerprint density at radius 2 is 2.08 bits per heavy atom. The number of hydrogen-bond donors (Lipinski definition) is 2. The summed E-state index contributed by atoms with van der Waals surface area (Å²) in [4.78, 5) is 0. The fourth-order valence-corrected chi connectivity index (χ4v) is 0.840. The van der Waals surface area contributed by atoms with Crippen LogP contribution in [-0.4, -0.2) is 18.4 Å². The van der Waals surface area contributed by atoms with E-state index in [0.717, 1.165) is 0 Å². The summed E-state index contributed by atoms with van der Waals surface area (Å²) in [6.07, 6.45) is 0. The summed E-state index contributed by atoms with van der Waals surface area (Å²) < 4.78 is 5.21. The Labute approximate surface area is 76.3 Å². The van der Waals surface area contributed by atoms with Crippen LogP contribution in [-0.2, 0) is 0 Å². The fraction of sp³-hybridized carbons (Fsp3) is 0.222. The molecule has 0 aliphatic rings. The van der Waals surface area contributed by atoms with Gasteiger partial charge in [-0.05, 0) is 24.3 Å². The lowest BCUT2D eigenvalue weighted by atomic mass is 10.2. The van der Waals surface area contributed by atoms with Gasteiger partial charge < -0.3 is 9.94 Å². The first-order valence-electron chi connectivity index (χ1n) is 3.86. The molecule has 0 aliphatic heterocycles. The molecule has 0 saturated heterocycles. The van der Waals surface area contributed by atoms with Crippen molar-refractivity contribution in [3.63, 3.8) is 0 Å². The Morgan fingerprint density at radius 1 is 1.38 bits per heavy atom. The monoisotopic (exact) mass is 178 g/mol. The van der Waals surface area contributed by atoms with Gasteiger partial charge in [-0.25, -0.2) is 5.48 Å². The van der Waals surface area contributed by atoms with Crippen LogP contribution in [0.5, 0.6) is 5.75 Å². The molecule has 1 rings (SSSR count). The zero-order valence-corrected chi connectivity index (χ0v) is 7.03. The number of rotatable bonds is 4. The van der Waals surface area contributed by atoms with E-state index in [9.17, 15) is 0 Å². The predicted molar refractivity (Wildman–Crippen MR) is 46.4 cm³/mol. The van der Waals surface area contributed by atoms with Gasteiger partial charge in [-0.1, -0.05) is 0 Å². The highest BCUT2D eigenvalue weighted by Gasteiger charge is 1.93. The molecule has 0 heterocycles. The molecule has 0 unspecified atom stereocenters. The lowest BCUT2D eigenvalue weighted by Crippen LogP contribution is -2.16. The lowest BCUT2D eigenvalue weighted by Gasteiger charge is -2.04. The van der Waals surface area contributed by atoms with Gasteiger partial charge in [0.25, 0.3) is 0 Å². The average molecular weight is 178 g/mol. The zero-order valence-electron chi connectivity index (χ0n) is 7.03. The van der Waals surface area contributed by atoms with Crippen molar-refractivity contribution in [1.29, 1.82) is 5.26 Å². The molecule has 68 valence electrons. The Balaban J connectivity index is 2.46. The second kappa shape index (κ2) is 5.14. The van der Waals surface area contributed by atoms with E-state index in [0.29, 0.717) is 24.5 Å². The largest absolute Gasteiger partial charge is 0.492 e. The Bertz CT molecular complexity index is 289. The number of nitrogens with one attached hydrogen (secondary N) is 1. The van der Waals surface area contributed by atoms with Gasteiger partial charge in [-0.15, -0.1) is 0 Å². The SMILES string of the molecule is N#Cc1ccc(OCCNO)cc1. The summed E-state index contributed by atoms with van der Waals surface area (Å²) in [7, 11) is 0. The molecule has 0 fully saturated rings. The number of nitrogens with zero attached hydrogens (tertiary/aromatic N) is 1. The van der Waals surface area contributed by atoms with E-state index in [1.54, 1.807) is 24.3 Å². The van der Waals surface area contributed by atoms with Crippen LogP contribution in [0.15, 0.2) is 24.3 Å². The van der Waals surface area contributed by atoms with Crippen LogP contribution in [0, 0.1) is 11.3 Å². The van der Waals surface area contributed by atoms with E-state index in [4.69, 9.17) is 15.2 Å². The first kappa shape index (κ1) is 9.52. The van der Waals surface area contributed by atoms with E-state index in [2.05, 4.69) is 0 Å². The highest BCUT2D eigenvalue weighted by atomic mass is 16.5. The second-order valence-corrected chi connectivity index (χ2v) is 2.39. The molecule has 0 aliphatic carbocycles. The molecule has 2 N–H and O–H groups in total. The molecular weight excluding hydrogens is 168 g/mol. The summed E-state index contributed by atoms with van der Waals surface area (Å²) in [5.41, 5.74) is 2.59. The van der Waals surface area contributed by atoms with Crippen LogP contribution in [0.4, 0.5) is 0 Å². The van der Waals surface area contributed by atoms with E-state index < -0.39 is 0 Å². The predicted octanol–water partition coefficient (Wildman–Crippen LogP) is 0.916. The molecule has 0 bridgehead atoms. The molecule has 0 aromatic heterocycles. The van der Waals surface area contributed by atoms with Crippen LogP contribution in [0.2, 0.25) is 0 Å². The minimum absolute atomic E-state index is 0.375. The van der Waals surface area contributed by atoms with Crippen molar-refractivity contribution in [3.05, 3.63) is 29.8 Å². The van der Waals surface area contributed by atoms with Crippen LogP contribution in [0.25, 0.3) is 0 Å². The number of ether oxygens (including phenoxy) is 1. The Morgan fingerprint density at radius 3 is 2.62 bits per heavy atom. The van der Waals surface area contributed by atoms with Gasteiger partial charge >= 0.3 is 0 Å². The van der Waals surface area contributed by atoms with Gasteiger partial charge in [-0.2, -0.15) is 5.26 Å². The topological polar surface area (TPSA) is 65.3 Å². The third kappa shape index (κ3) is 3.11. The first-order chi connectivity index (χ1) is 6.36. The highest BCUT2D eigenvalue weighted by Crippen LogP contribution is 2.10. The lowest BCUT2D eigenvalue weighted by molar-refractivity contribution is 0.145. The van der Waals surface area contributed by atoms with E-state index >= 15 is 0 Å². The van der Waals surface area contributed by atoms with Gasteiger partial charge in [0, 0.05) is 0 Å². The van der Waals surface area contributed by atoms with Crippen LogP contribution < -0.4 is 10.2 Å². The van der Waals surface area contributed by atoms with Crippen LogP contribution >= 0.6 is 0 Å². The molecule has 0 saturated carbocycles. The van der Waals surface area contributed by atoms with Gasteiger partial charge in [0.2, 0.25) is 0 Å². The molecule has 1 aromatic rings. The third-order valence-electron chi connectivity index (χ3n) is 1.47. The van der Waals surface area contributed by atoms with E-state index in [1.165, 1.54) is 0 Å². The summed E-state index contributed by atoms with van der Waals surface area (Å²) in [5, 5.41) is 16.8. The van der Waals surface area contributed by atoms with Gasteiger partial charge in [-0.3, -0.25) is 0 Å². The van der Waals surface area contributed by atoms with Crippen molar-refractivity contribution < 1.29 is 9.94 Å². The molecular formula is C9H10N2O2. The van der Waals surface area contributed by atoms with E-state index in [-0.39, 0.29) is 0 Å². The van der Waals surface area contributed by atoms with Crippen molar-refractivity contribution >= 4 is 0 Å². The van der Waals surface area contributed by atoms with Crippen molar-refractivity contribution in [2.45, 2.75) is 0 Å². The van der Waals surface area contributed by atoms with Gasteiger partial charge in [0.15, 0.2) is 0 Å². The summed E-state index contributed by atoms with van der Waals surface area (Å²) in [5.74, 6) is 0.689. The van der Waals surface area contributed by atoms with Crippen molar-refractivity contribution in [2.24, 2.45) is 0 Å². The molecule has 0 atom stereocenters. The zero-order chi connectivity index (χ0) is 9.52. The Kier molecular flexibility index (Phi) is 3.76. The van der Waals surface area contributed by atoms with Gasteiger partial charge in [0.05, 0.1) is 18.2 Å². The normalized spacial score (nSPS) is 9.23. The molecule has 4 nitrogen and oxygen atoms in total. The fourth-order valence-electron chi connectivity index (χ4n) is 0.840. The third-order valence-corrected chi connectivity index (χ3v) is 1.47. The Hall–Kier alpha value is -1.57. The quantitative estimate of drug-likeness (QED) is 0.531.